The molecular formula is C15H24BrN3O2. The molecule has 2 N–H and O–H groups in total. The van der Waals surface area contributed by atoms with E-state index in [1.807, 2.05) is 46.9 Å². The van der Waals surface area contributed by atoms with Gasteiger partial charge in [0.2, 0.25) is 0 Å². The predicted octanol–water partition coefficient (Wildman–Crippen LogP) is 3.24. The van der Waals surface area contributed by atoms with Gasteiger partial charge in [-0.25, -0.2) is 4.79 Å². The van der Waals surface area contributed by atoms with E-state index in [-0.39, 0.29) is 0 Å². The van der Waals surface area contributed by atoms with E-state index in [9.17, 15) is 4.79 Å². The second-order valence-electron chi connectivity index (χ2n) is 6.63. The van der Waals surface area contributed by atoms with Gasteiger partial charge in [0.1, 0.15) is 5.60 Å². The number of amides is 1. The molecule has 0 atom stereocenters. The molecule has 1 aromatic rings. The quantitative estimate of drug-likeness (QED) is 0.848. The van der Waals surface area contributed by atoms with Crippen molar-refractivity contribution < 1.29 is 9.53 Å². The minimum atomic E-state index is -0.490. The normalized spacial score (nSPS) is 12.1. The standard InChI is InChI=1S/C15H24BrN3O2/c1-14(2,3)21-13(20)19-15(4,5)10-18-8-11-6-12(16)9-17-7-11/h6-7,9,18H,8,10H2,1-5H3,(H,19,20). The molecule has 0 saturated carbocycles. The number of aromatic nitrogens is 1. The summed E-state index contributed by atoms with van der Waals surface area (Å²) in [4.78, 5) is 15.9. The van der Waals surface area contributed by atoms with Crippen LogP contribution in [0.1, 0.15) is 40.2 Å². The third kappa shape index (κ3) is 8.02. The number of nitrogens with zero attached hydrogens (tertiary/aromatic N) is 1. The molecule has 0 radical (unpaired) electrons. The molecule has 5 nitrogen and oxygen atoms in total. The lowest BCUT2D eigenvalue weighted by atomic mass is 10.1. The fourth-order valence-corrected chi connectivity index (χ4v) is 2.11. The molecule has 1 heterocycles. The van der Waals surface area contributed by atoms with E-state index in [1.165, 1.54) is 0 Å². The average molecular weight is 358 g/mol. The molecule has 1 amide bonds. The number of hydrogen-bond acceptors (Lipinski definition) is 4. The Hall–Kier alpha value is -1.14. The van der Waals surface area contributed by atoms with Crippen LogP contribution in [0.2, 0.25) is 0 Å². The SMILES string of the molecule is CC(C)(CNCc1cncc(Br)c1)NC(=O)OC(C)(C)C. The summed E-state index contributed by atoms with van der Waals surface area (Å²) in [6.07, 6.45) is 3.15. The van der Waals surface area contributed by atoms with Crippen molar-refractivity contribution in [2.45, 2.75) is 52.3 Å². The Morgan fingerprint density at radius 3 is 2.52 bits per heavy atom. The summed E-state index contributed by atoms with van der Waals surface area (Å²) in [6, 6.07) is 2.01. The van der Waals surface area contributed by atoms with E-state index in [0.717, 1.165) is 10.0 Å². The number of pyridine rings is 1. The second-order valence-corrected chi connectivity index (χ2v) is 7.54. The van der Waals surface area contributed by atoms with Crippen LogP contribution in [0, 0.1) is 0 Å². The van der Waals surface area contributed by atoms with Gasteiger partial charge < -0.3 is 15.4 Å². The molecule has 0 spiro atoms. The van der Waals surface area contributed by atoms with Crippen LogP contribution in [-0.2, 0) is 11.3 Å². The number of carbonyl (C=O) groups is 1. The maximum absolute atomic E-state index is 11.8. The molecule has 0 saturated heterocycles. The van der Waals surface area contributed by atoms with Gasteiger partial charge in [-0.2, -0.15) is 0 Å². The van der Waals surface area contributed by atoms with Crippen molar-refractivity contribution in [2.75, 3.05) is 6.54 Å². The zero-order valence-electron chi connectivity index (χ0n) is 13.3. The van der Waals surface area contributed by atoms with E-state index in [0.29, 0.717) is 13.1 Å². The molecule has 0 aromatic carbocycles. The first-order valence-electron chi connectivity index (χ1n) is 6.89. The van der Waals surface area contributed by atoms with Crippen LogP contribution < -0.4 is 10.6 Å². The highest BCUT2D eigenvalue weighted by atomic mass is 79.9. The number of alkyl carbamates (subject to hydrolysis) is 1. The Kier molecular flexibility index (Phi) is 6.16. The lowest BCUT2D eigenvalue weighted by Gasteiger charge is -2.29. The van der Waals surface area contributed by atoms with Crippen molar-refractivity contribution in [3.63, 3.8) is 0 Å². The van der Waals surface area contributed by atoms with Crippen molar-refractivity contribution in [3.8, 4) is 0 Å². The van der Waals surface area contributed by atoms with Crippen LogP contribution in [0.5, 0.6) is 0 Å². The third-order valence-electron chi connectivity index (χ3n) is 2.50. The van der Waals surface area contributed by atoms with Crippen LogP contribution in [0.25, 0.3) is 0 Å². The van der Waals surface area contributed by atoms with Gasteiger partial charge in [0.25, 0.3) is 0 Å². The first kappa shape index (κ1) is 17.9. The average Bonchev–Trinajstić information content (AvgIpc) is 2.24. The number of ether oxygens (including phenoxy) is 1. The molecular weight excluding hydrogens is 334 g/mol. The van der Waals surface area contributed by atoms with Gasteiger partial charge in [-0.3, -0.25) is 4.98 Å². The van der Waals surface area contributed by atoms with Crippen LogP contribution in [0.4, 0.5) is 4.79 Å². The summed E-state index contributed by atoms with van der Waals surface area (Å²) >= 11 is 3.39. The van der Waals surface area contributed by atoms with Gasteiger partial charge in [0, 0.05) is 30.0 Å². The Labute approximate surface area is 135 Å². The molecule has 0 aliphatic heterocycles. The summed E-state index contributed by atoms with van der Waals surface area (Å²) in [7, 11) is 0. The zero-order valence-corrected chi connectivity index (χ0v) is 14.9. The Morgan fingerprint density at radius 2 is 1.95 bits per heavy atom. The second kappa shape index (κ2) is 7.22. The summed E-state index contributed by atoms with van der Waals surface area (Å²) in [5.41, 5.74) is 0.189. The number of hydrogen-bond donors (Lipinski definition) is 2. The highest BCUT2D eigenvalue weighted by Crippen LogP contribution is 2.11. The number of carbonyl (C=O) groups excluding carboxylic acids is 1. The molecule has 1 rings (SSSR count). The van der Waals surface area contributed by atoms with Crippen LogP contribution in [0.15, 0.2) is 22.9 Å². The van der Waals surface area contributed by atoms with Crippen LogP contribution in [-0.4, -0.2) is 28.8 Å². The highest BCUT2D eigenvalue weighted by Gasteiger charge is 2.24. The summed E-state index contributed by atoms with van der Waals surface area (Å²) in [5.74, 6) is 0. The molecule has 118 valence electrons. The lowest BCUT2D eigenvalue weighted by Crippen LogP contribution is -2.51. The lowest BCUT2D eigenvalue weighted by molar-refractivity contribution is 0.0472. The zero-order chi connectivity index (χ0) is 16.1. The van der Waals surface area contributed by atoms with Gasteiger partial charge in [0.05, 0.1) is 5.54 Å². The molecule has 1 aromatic heterocycles. The van der Waals surface area contributed by atoms with Gasteiger partial charge in [0.15, 0.2) is 0 Å². The molecule has 0 aliphatic rings. The molecule has 0 fully saturated rings. The fraction of sp³-hybridized carbons (Fsp3) is 0.600. The number of rotatable bonds is 5. The summed E-state index contributed by atoms with van der Waals surface area (Å²) in [6.45, 7) is 10.7. The maximum Gasteiger partial charge on any atom is 0.408 e. The van der Waals surface area contributed by atoms with E-state index >= 15 is 0 Å². The molecule has 0 bridgehead atoms. The third-order valence-corrected chi connectivity index (χ3v) is 2.93. The monoisotopic (exact) mass is 357 g/mol. The highest BCUT2D eigenvalue weighted by molar-refractivity contribution is 9.10. The summed E-state index contributed by atoms with van der Waals surface area (Å²) in [5, 5.41) is 6.17. The minimum Gasteiger partial charge on any atom is -0.444 e. The van der Waals surface area contributed by atoms with E-state index in [1.54, 1.807) is 6.20 Å². The molecule has 6 heteroatoms. The number of halogens is 1. The Morgan fingerprint density at radius 1 is 1.29 bits per heavy atom. The van der Waals surface area contributed by atoms with Crippen LogP contribution >= 0.6 is 15.9 Å². The largest absolute Gasteiger partial charge is 0.444 e. The molecule has 0 unspecified atom stereocenters. The van der Waals surface area contributed by atoms with Crippen molar-refractivity contribution in [1.82, 2.24) is 15.6 Å². The van der Waals surface area contributed by atoms with E-state index in [4.69, 9.17) is 4.74 Å². The smallest absolute Gasteiger partial charge is 0.408 e. The predicted molar refractivity (Wildman–Crippen MR) is 87.1 cm³/mol. The van der Waals surface area contributed by atoms with Gasteiger partial charge in [-0.05, 0) is 62.2 Å². The Balaban J connectivity index is 2.40. The van der Waals surface area contributed by atoms with Gasteiger partial charge >= 0.3 is 6.09 Å². The van der Waals surface area contributed by atoms with E-state index in [2.05, 4.69) is 31.5 Å². The summed E-state index contributed by atoms with van der Waals surface area (Å²) < 4.78 is 6.21. The topological polar surface area (TPSA) is 63.2 Å². The van der Waals surface area contributed by atoms with Crippen molar-refractivity contribution >= 4 is 22.0 Å². The fourth-order valence-electron chi connectivity index (χ4n) is 1.70. The van der Waals surface area contributed by atoms with Gasteiger partial charge in [-0.15, -0.1) is 0 Å². The Bertz CT molecular complexity index is 484. The van der Waals surface area contributed by atoms with Crippen LogP contribution in [0.3, 0.4) is 0 Å². The first-order chi connectivity index (χ1) is 9.57. The van der Waals surface area contributed by atoms with Crippen molar-refractivity contribution in [2.24, 2.45) is 0 Å². The minimum absolute atomic E-state index is 0.401. The first-order valence-corrected chi connectivity index (χ1v) is 7.68. The van der Waals surface area contributed by atoms with Crippen molar-refractivity contribution in [3.05, 3.63) is 28.5 Å². The number of nitrogens with one attached hydrogen (secondary N) is 2. The maximum atomic E-state index is 11.8. The van der Waals surface area contributed by atoms with E-state index < -0.39 is 17.2 Å². The van der Waals surface area contributed by atoms with Crippen molar-refractivity contribution in [1.29, 1.82) is 0 Å². The molecule has 0 aliphatic carbocycles. The van der Waals surface area contributed by atoms with Gasteiger partial charge in [-0.1, -0.05) is 0 Å². The molecule has 21 heavy (non-hydrogen) atoms.